The van der Waals surface area contributed by atoms with Gasteiger partial charge in [0.05, 0.1) is 6.54 Å². The Labute approximate surface area is 188 Å². The molecule has 0 heterocycles. The molecule has 28 heavy (non-hydrogen) atoms. The fourth-order valence-electron chi connectivity index (χ4n) is 3.35. The van der Waals surface area contributed by atoms with Crippen LogP contribution in [-0.2, 0) is 11.3 Å². The molecule has 0 spiro atoms. The van der Waals surface area contributed by atoms with E-state index in [1.807, 2.05) is 18.2 Å². The number of guanidine groups is 1. The molecule has 1 aromatic carbocycles. The zero-order valence-electron chi connectivity index (χ0n) is 18.1. The summed E-state index contributed by atoms with van der Waals surface area (Å²) >= 11 is 0. The van der Waals surface area contributed by atoms with E-state index in [1.165, 1.54) is 19.3 Å². The SMILES string of the molecule is CCNC(=NCc1ccccc1OC(C)(C)C)NCC1(CCOC)CCC1.I. The Bertz CT molecular complexity index is 610. The number of hydrogen-bond donors (Lipinski definition) is 2. The molecular formula is C22H38IN3O2. The Morgan fingerprint density at radius 2 is 1.89 bits per heavy atom. The second-order valence-electron chi connectivity index (χ2n) is 8.47. The van der Waals surface area contributed by atoms with Crippen molar-refractivity contribution in [3.63, 3.8) is 0 Å². The molecule has 1 saturated carbocycles. The predicted molar refractivity (Wildman–Crippen MR) is 128 cm³/mol. The highest BCUT2D eigenvalue weighted by Crippen LogP contribution is 2.43. The zero-order chi connectivity index (χ0) is 19.8. The number of aliphatic imine (C=N–C) groups is 1. The second kappa shape index (κ2) is 11.9. The number of para-hydroxylation sites is 1. The normalized spacial score (nSPS) is 16.0. The lowest BCUT2D eigenvalue weighted by Gasteiger charge is -2.42. The standard InChI is InChI=1S/C22H37N3O2.HI/c1-6-23-20(25-17-22(12-9-13-22)14-15-26-5)24-16-18-10-7-8-11-19(18)27-21(2,3)4;/h7-8,10-11H,6,9,12-17H2,1-5H3,(H2,23,24,25);1H. The van der Waals surface area contributed by atoms with Crippen LogP contribution in [0, 0.1) is 5.41 Å². The highest BCUT2D eigenvalue weighted by Gasteiger charge is 2.36. The van der Waals surface area contributed by atoms with E-state index in [2.05, 4.69) is 44.4 Å². The van der Waals surface area contributed by atoms with Gasteiger partial charge in [0.25, 0.3) is 0 Å². The summed E-state index contributed by atoms with van der Waals surface area (Å²) < 4.78 is 11.4. The summed E-state index contributed by atoms with van der Waals surface area (Å²) in [6, 6.07) is 8.15. The van der Waals surface area contributed by atoms with Crippen LogP contribution in [0.15, 0.2) is 29.3 Å². The van der Waals surface area contributed by atoms with Crippen LogP contribution >= 0.6 is 24.0 Å². The van der Waals surface area contributed by atoms with Gasteiger partial charge in [-0.25, -0.2) is 4.99 Å². The summed E-state index contributed by atoms with van der Waals surface area (Å²) in [6.07, 6.45) is 4.96. The number of ether oxygens (including phenoxy) is 2. The molecule has 2 N–H and O–H groups in total. The zero-order valence-corrected chi connectivity index (χ0v) is 20.5. The molecule has 0 atom stereocenters. The van der Waals surface area contributed by atoms with Gasteiger partial charge in [-0.05, 0) is 58.4 Å². The first-order valence-electron chi connectivity index (χ1n) is 10.2. The predicted octanol–water partition coefficient (Wildman–Crippen LogP) is 4.74. The molecule has 160 valence electrons. The quantitative estimate of drug-likeness (QED) is 0.290. The third-order valence-corrected chi connectivity index (χ3v) is 5.02. The first-order valence-corrected chi connectivity index (χ1v) is 10.2. The number of nitrogens with one attached hydrogen (secondary N) is 2. The highest BCUT2D eigenvalue weighted by atomic mass is 127. The Morgan fingerprint density at radius 3 is 2.46 bits per heavy atom. The first-order chi connectivity index (χ1) is 12.9. The van der Waals surface area contributed by atoms with E-state index in [-0.39, 0.29) is 29.6 Å². The molecule has 0 radical (unpaired) electrons. The van der Waals surface area contributed by atoms with E-state index >= 15 is 0 Å². The van der Waals surface area contributed by atoms with Crippen molar-refractivity contribution in [1.29, 1.82) is 0 Å². The molecule has 1 aliphatic rings. The Kier molecular flexibility index (Phi) is 10.6. The molecular weight excluding hydrogens is 465 g/mol. The van der Waals surface area contributed by atoms with Gasteiger partial charge in [0.1, 0.15) is 11.4 Å². The van der Waals surface area contributed by atoms with Crippen molar-refractivity contribution in [2.45, 2.75) is 65.5 Å². The molecule has 1 aromatic rings. The summed E-state index contributed by atoms with van der Waals surface area (Å²) in [5, 5.41) is 6.92. The van der Waals surface area contributed by atoms with E-state index in [9.17, 15) is 0 Å². The molecule has 5 nitrogen and oxygen atoms in total. The molecule has 6 heteroatoms. The number of nitrogens with zero attached hydrogens (tertiary/aromatic N) is 1. The van der Waals surface area contributed by atoms with Gasteiger partial charge in [-0.3, -0.25) is 0 Å². The summed E-state index contributed by atoms with van der Waals surface area (Å²) in [7, 11) is 1.78. The Balaban J connectivity index is 0.00000392. The van der Waals surface area contributed by atoms with Gasteiger partial charge in [-0.2, -0.15) is 0 Å². The van der Waals surface area contributed by atoms with Gasteiger partial charge in [-0.1, -0.05) is 24.6 Å². The maximum Gasteiger partial charge on any atom is 0.191 e. The van der Waals surface area contributed by atoms with Crippen LogP contribution in [0.3, 0.4) is 0 Å². The monoisotopic (exact) mass is 503 g/mol. The first kappa shape index (κ1) is 25.0. The lowest BCUT2D eigenvalue weighted by molar-refractivity contribution is 0.0732. The molecule has 0 aliphatic heterocycles. The fraction of sp³-hybridized carbons (Fsp3) is 0.682. The van der Waals surface area contributed by atoms with Gasteiger partial charge in [0.15, 0.2) is 5.96 Å². The molecule has 2 rings (SSSR count). The number of benzene rings is 1. The minimum Gasteiger partial charge on any atom is -0.488 e. The minimum absolute atomic E-state index is 0. The van der Waals surface area contributed by atoms with Crippen LogP contribution in [0.4, 0.5) is 0 Å². The van der Waals surface area contributed by atoms with Crippen molar-refractivity contribution in [1.82, 2.24) is 10.6 Å². The van der Waals surface area contributed by atoms with Crippen molar-refractivity contribution >= 4 is 29.9 Å². The average Bonchev–Trinajstić information content (AvgIpc) is 2.58. The van der Waals surface area contributed by atoms with Gasteiger partial charge in [0, 0.05) is 32.4 Å². The van der Waals surface area contributed by atoms with E-state index in [4.69, 9.17) is 14.5 Å². The molecule has 1 fully saturated rings. The summed E-state index contributed by atoms with van der Waals surface area (Å²) in [6.45, 7) is 11.5. The Morgan fingerprint density at radius 1 is 1.18 bits per heavy atom. The van der Waals surface area contributed by atoms with Crippen LogP contribution in [-0.4, -0.2) is 38.4 Å². The van der Waals surface area contributed by atoms with Crippen LogP contribution in [0.1, 0.15) is 58.9 Å². The van der Waals surface area contributed by atoms with Crippen LogP contribution in [0.2, 0.25) is 0 Å². The smallest absolute Gasteiger partial charge is 0.191 e. The minimum atomic E-state index is -0.222. The second-order valence-corrected chi connectivity index (χ2v) is 8.47. The van der Waals surface area contributed by atoms with Crippen molar-refractivity contribution < 1.29 is 9.47 Å². The summed E-state index contributed by atoms with van der Waals surface area (Å²) in [5.41, 5.74) is 1.24. The molecule has 1 aliphatic carbocycles. The van der Waals surface area contributed by atoms with Crippen molar-refractivity contribution in [3.8, 4) is 5.75 Å². The van der Waals surface area contributed by atoms with Crippen LogP contribution in [0.25, 0.3) is 0 Å². The molecule has 0 bridgehead atoms. The van der Waals surface area contributed by atoms with Crippen molar-refractivity contribution in [2.75, 3.05) is 26.8 Å². The van der Waals surface area contributed by atoms with E-state index in [1.54, 1.807) is 7.11 Å². The topological polar surface area (TPSA) is 54.9 Å². The number of hydrogen-bond acceptors (Lipinski definition) is 3. The lowest BCUT2D eigenvalue weighted by atomic mass is 9.67. The summed E-state index contributed by atoms with van der Waals surface area (Å²) in [4.78, 5) is 4.80. The largest absolute Gasteiger partial charge is 0.488 e. The molecule has 0 saturated heterocycles. The van der Waals surface area contributed by atoms with E-state index in [0.29, 0.717) is 12.0 Å². The molecule has 0 unspecified atom stereocenters. The third-order valence-electron chi connectivity index (χ3n) is 5.02. The van der Waals surface area contributed by atoms with Gasteiger partial charge in [0.2, 0.25) is 0 Å². The number of rotatable bonds is 9. The third kappa shape index (κ3) is 8.15. The van der Waals surface area contributed by atoms with Crippen LogP contribution < -0.4 is 15.4 Å². The average molecular weight is 503 g/mol. The van der Waals surface area contributed by atoms with Gasteiger partial charge < -0.3 is 20.1 Å². The van der Waals surface area contributed by atoms with Crippen molar-refractivity contribution in [2.24, 2.45) is 10.4 Å². The van der Waals surface area contributed by atoms with Gasteiger partial charge >= 0.3 is 0 Å². The van der Waals surface area contributed by atoms with Crippen LogP contribution in [0.5, 0.6) is 5.75 Å². The number of halogens is 1. The van der Waals surface area contributed by atoms with Crippen molar-refractivity contribution in [3.05, 3.63) is 29.8 Å². The van der Waals surface area contributed by atoms with E-state index < -0.39 is 0 Å². The van der Waals surface area contributed by atoms with Gasteiger partial charge in [-0.15, -0.1) is 24.0 Å². The molecule has 0 amide bonds. The summed E-state index contributed by atoms with van der Waals surface area (Å²) in [5.74, 6) is 1.77. The lowest BCUT2D eigenvalue weighted by Crippen LogP contribution is -2.47. The molecule has 0 aromatic heterocycles. The number of methoxy groups -OCH3 is 1. The van der Waals surface area contributed by atoms with E-state index in [0.717, 1.165) is 43.4 Å². The maximum absolute atomic E-state index is 6.09. The fourth-order valence-corrected chi connectivity index (χ4v) is 3.35. The highest BCUT2D eigenvalue weighted by molar-refractivity contribution is 14.0. The Hall–Kier alpha value is -1.02. The maximum atomic E-state index is 6.09.